The van der Waals surface area contributed by atoms with Crippen LogP contribution in [0.25, 0.3) is 0 Å². The Bertz CT molecular complexity index is 399. The van der Waals surface area contributed by atoms with Gasteiger partial charge in [-0.15, -0.1) is 0 Å². The monoisotopic (exact) mass is 427 g/mol. The van der Waals surface area contributed by atoms with Crippen LogP contribution in [0.2, 0.25) is 0 Å². The van der Waals surface area contributed by atoms with Gasteiger partial charge >= 0.3 is 8.25 Å². The molecule has 0 amide bonds. The first-order valence-electron chi connectivity index (χ1n) is 7.78. The van der Waals surface area contributed by atoms with Gasteiger partial charge in [-0.1, -0.05) is 13.8 Å². The van der Waals surface area contributed by atoms with Crippen molar-refractivity contribution in [3.63, 3.8) is 0 Å². The van der Waals surface area contributed by atoms with Gasteiger partial charge in [-0.2, -0.15) is 0 Å². The maximum atomic E-state index is 12.0. The van der Waals surface area contributed by atoms with Gasteiger partial charge in [-0.05, 0) is 13.8 Å². The van der Waals surface area contributed by atoms with Crippen LogP contribution in [0, 0.1) is 11.8 Å². The summed E-state index contributed by atoms with van der Waals surface area (Å²) in [5, 5.41) is 19.3. The summed E-state index contributed by atoms with van der Waals surface area (Å²) in [7, 11) is -2.75. The fourth-order valence-electron chi connectivity index (χ4n) is 2.94. The van der Waals surface area contributed by atoms with Crippen LogP contribution in [0.1, 0.15) is 27.7 Å². The van der Waals surface area contributed by atoms with E-state index in [4.69, 9.17) is 18.5 Å². The Hall–Kier alpha value is 1.09. The van der Waals surface area contributed by atoms with Crippen LogP contribution in [0.5, 0.6) is 0 Å². The second-order valence-electron chi connectivity index (χ2n) is 6.29. The molecule has 2 N–H and O–H groups in total. The average molecular weight is 427 g/mol. The second-order valence-corrected chi connectivity index (χ2v) is 7.32. The Morgan fingerprint density at radius 2 is 1.61 bits per heavy atom. The van der Waals surface area contributed by atoms with Crippen molar-refractivity contribution in [3.05, 3.63) is 0 Å². The van der Waals surface area contributed by atoms with Crippen molar-refractivity contribution in [2.75, 3.05) is 13.2 Å². The van der Waals surface area contributed by atoms with E-state index in [9.17, 15) is 14.8 Å². The molecule has 9 heteroatoms. The van der Waals surface area contributed by atoms with Crippen molar-refractivity contribution in [2.24, 2.45) is 11.8 Å². The molecule has 0 spiro atoms. The molecule has 7 nitrogen and oxygen atoms in total. The minimum atomic E-state index is -2.75. The van der Waals surface area contributed by atoms with Crippen molar-refractivity contribution in [1.82, 2.24) is 0 Å². The van der Waals surface area contributed by atoms with E-state index in [2.05, 4.69) is 0 Å². The third-order valence-corrected chi connectivity index (χ3v) is 5.71. The molecule has 0 aromatic carbocycles. The summed E-state index contributed by atoms with van der Waals surface area (Å²) < 4.78 is 33.8. The van der Waals surface area contributed by atoms with E-state index in [0.717, 1.165) is 0 Å². The predicted molar refractivity (Wildman–Crippen MR) is 79.9 cm³/mol. The minimum Gasteiger partial charge on any atom is -0.394 e. The molecule has 2 aliphatic heterocycles. The molecule has 2 aliphatic rings. The molecule has 2 saturated heterocycles. The van der Waals surface area contributed by atoms with Gasteiger partial charge in [0.25, 0.3) is 0 Å². The van der Waals surface area contributed by atoms with Crippen LogP contribution in [-0.4, -0.2) is 60.1 Å². The standard InChI is InChI=1S/C14H27O7P.Y/c1-7-9(3)20-12(13(7)16)6-18-22(17)21-14-8(2)10(4)19-11(14)5-15;/h7-16,22H,5-6H2,1-4H3;/t7-,8-,9-,10-,11+,12+,13-,14-;/m0./s1. The molecule has 2 heterocycles. The normalized spacial score (nSPS) is 45.0. The third-order valence-electron chi connectivity index (χ3n) is 4.84. The van der Waals surface area contributed by atoms with Crippen molar-refractivity contribution < 1.29 is 66.0 Å². The summed E-state index contributed by atoms with van der Waals surface area (Å²) in [5.74, 6) is 0.0304. The fraction of sp³-hybridized carbons (Fsp3) is 1.00. The summed E-state index contributed by atoms with van der Waals surface area (Å²) in [5.41, 5.74) is 0. The Labute approximate surface area is 163 Å². The number of ether oxygens (including phenoxy) is 2. The first kappa shape index (κ1) is 22.1. The van der Waals surface area contributed by atoms with Gasteiger partial charge in [-0.3, -0.25) is 4.57 Å². The predicted octanol–water partition coefficient (Wildman–Crippen LogP) is 0.975. The maximum absolute atomic E-state index is 12.0. The largest absolute Gasteiger partial charge is 0.394 e. The first-order valence-corrected chi connectivity index (χ1v) is 9.00. The quantitative estimate of drug-likeness (QED) is 0.611. The van der Waals surface area contributed by atoms with Gasteiger partial charge in [0.05, 0.1) is 31.5 Å². The topological polar surface area (TPSA) is 94.5 Å². The van der Waals surface area contributed by atoms with E-state index in [1.165, 1.54) is 0 Å². The summed E-state index contributed by atoms with van der Waals surface area (Å²) in [6.07, 6.45) is -2.21. The van der Waals surface area contributed by atoms with Gasteiger partial charge < -0.3 is 28.7 Å². The molecule has 0 aromatic rings. The Balaban J connectivity index is 0.00000264. The number of rotatable bonds is 6. The van der Waals surface area contributed by atoms with Gasteiger partial charge in [0.15, 0.2) is 0 Å². The van der Waals surface area contributed by atoms with Gasteiger partial charge in [0, 0.05) is 44.5 Å². The SMILES string of the molecule is C[C@@H]1[C@H](O)[C@@H](CO[PH](=O)O[C@H]2[C@@H](C)[C@H](C)O[C@@H]2CO)O[C@H]1C.[Y]. The smallest absolute Gasteiger partial charge is 0.319 e. The third kappa shape index (κ3) is 5.29. The maximum Gasteiger partial charge on any atom is 0.319 e. The Morgan fingerprint density at radius 3 is 2.13 bits per heavy atom. The number of hydrogen-bond donors (Lipinski definition) is 2. The van der Waals surface area contributed by atoms with Gasteiger partial charge in [0.1, 0.15) is 18.3 Å². The number of aliphatic hydroxyl groups is 2. The summed E-state index contributed by atoms with van der Waals surface area (Å²) >= 11 is 0. The van der Waals surface area contributed by atoms with E-state index in [1.807, 2.05) is 27.7 Å². The minimum absolute atomic E-state index is 0. The van der Waals surface area contributed by atoms with Crippen LogP contribution in [0.3, 0.4) is 0 Å². The Morgan fingerprint density at radius 1 is 1.04 bits per heavy atom. The van der Waals surface area contributed by atoms with Gasteiger partial charge in [-0.25, -0.2) is 0 Å². The molecule has 0 aliphatic carbocycles. The van der Waals surface area contributed by atoms with Crippen molar-refractivity contribution in [3.8, 4) is 0 Å². The zero-order valence-electron chi connectivity index (χ0n) is 14.0. The average Bonchev–Trinajstić information content (AvgIpc) is 2.90. The molecule has 0 saturated carbocycles. The molecule has 0 aromatic heterocycles. The molecule has 1 unspecified atom stereocenters. The van der Waals surface area contributed by atoms with Crippen molar-refractivity contribution >= 4 is 8.25 Å². The molecule has 23 heavy (non-hydrogen) atoms. The molecule has 1 radical (unpaired) electrons. The van der Waals surface area contributed by atoms with Crippen LogP contribution in [0.15, 0.2) is 0 Å². The van der Waals surface area contributed by atoms with E-state index in [-0.39, 0.29) is 70.0 Å². The molecule has 0 bridgehead atoms. The first-order chi connectivity index (χ1) is 10.3. The molecule has 2 fully saturated rings. The molecule has 9 atom stereocenters. The second kappa shape index (κ2) is 9.70. The molecule has 133 valence electrons. The van der Waals surface area contributed by atoms with Crippen LogP contribution in [0.4, 0.5) is 0 Å². The molecule has 2 rings (SSSR count). The Kier molecular flexibility index (Phi) is 9.33. The number of aliphatic hydroxyl groups excluding tert-OH is 2. The van der Waals surface area contributed by atoms with Crippen LogP contribution < -0.4 is 0 Å². The van der Waals surface area contributed by atoms with Crippen molar-refractivity contribution in [1.29, 1.82) is 0 Å². The zero-order chi connectivity index (χ0) is 16.4. The molecular weight excluding hydrogens is 400 g/mol. The van der Waals surface area contributed by atoms with E-state index in [1.54, 1.807) is 0 Å². The molecular formula is C14H27O7PY. The zero-order valence-corrected chi connectivity index (χ0v) is 17.9. The van der Waals surface area contributed by atoms with Gasteiger partial charge in [0.2, 0.25) is 0 Å². The van der Waals surface area contributed by atoms with Crippen LogP contribution in [-0.2, 0) is 55.8 Å². The van der Waals surface area contributed by atoms with E-state index in [0.29, 0.717) is 0 Å². The summed E-state index contributed by atoms with van der Waals surface area (Å²) in [6.45, 7) is 7.44. The van der Waals surface area contributed by atoms with E-state index >= 15 is 0 Å². The summed E-state index contributed by atoms with van der Waals surface area (Å²) in [6, 6.07) is 0. The van der Waals surface area contributed by atoms with Crippen LogP contribution >= 0.6 is 8.25 Å². The fourth-order valence-corrected chi connectivity index (χ4v) is 3.90. The van der Waals surface area contributed by atoms with Crippen molar-refractivity contribution in [2.45, 2.75) is 64.3 Å². The van der Waals surface area contributed by atoms with E-state index < -0.39 is 32.7 Å². The summed E-state index contributed by atoms with van der Waals surface area (Å²) in [4.78, 5) is 0. The number of hydrogen-bond acceptors (Lipinski definition) is 7.